The van der Waals surface area contributed by atoms with E-state index in [1.165, 1.54) is 6.92 Å². The molecule has 1 heterocycles. The van der Waals surface area contributed by atoms with Crippen LogP contribution in [0, 0.1) is 13.8 Å². The summed E-state index contributed by atoms with van der Waals surface area (Å²) in [6.45, 7) is 6.98. The Balaban J connectivity index is 1.98. The number of carbonyl (C=O) groups excluding carboxylic acids is 3. The number of benzene rings is 1. The molecule has 156 valence electrons. The van der Waals surface area contributed by atoms with Crippen molar-refractivity contribution in [3.8, 4) is 5.75 Å². The zero-order valence-corrected chi connectivity index (χ0v) is 17.3. The number of esters is 2. The molecule has 1 aromatic carbocycles. The predicted octanol–water partition coefficient (Wildman–Crippen LogP) is 2.68. The highest BCUT2D eigenvalue weighted by Gasteiger charge is 2.26. The SMILES string of the molecule is CCOC(=O)c1[nH]c(C)c(C(=O)O[C@@H](C)C(=O)NCc2ccc(OC)cc2)c1C. The normalized spacial score (nSPS) is 11.5. The fourth-order valence-corrected chi connectivity index (χ4v) is 2.81. The van der Waals surface area contributed by atoms with Crippen molar-refractivity contribution in [2.45, 2.75) is 40.3 Å². The second-order valence-corrected chi connectivity index (χ2v) is 6.46. The Morgan fingerprint density at radius 3 is 2.34 bits per heavy atom. The van der Waals surface area contributed by atoms with E-state index in [4.69, 9.17) is 14.2 Å². The first-order chi connectivity index (χ1) is 13.8. The van der Waals surface area contributed by atoms with Crippen LogP contribution >= 0.6 is 0 Å². The van der Waals surface area contributed by atoms with Gasteiger partial charge >= 0.3 is 11.9 Å². The number of hydrogen-bond donors (Lipinski definition) is 2. The Labute approximate surface area is 169 Å². The van der Waals surface area contributed by atoms with Crippen LogP contribution in [0.3, 0.4) is 0 Å². The van der Waals surface area contributed by atoms with E-state index >= 15 is 0 Å². The fraction of sp³-hybridized carbons (Fsp3) is 0.381. The summed E-state index contributed by atoms with van der Waals surface area (Å²) < 4.78 is 15.4. The molecule has 2 rings (SSSR count). The number of aromatic amines is 1. The molecular formula is C21H26N2O6. The molecule has 29 heavy (non-hydrogen) atoms. The van der Waals surface area contributed by atoms with Crippen molar-refractivity contribution >= 4 is 17.8 Å². The Morgan fingerprint density at radius 2 is 1.76 bits per heavy atom. The van der Waals surface area contributed by atoms with E-state index in [0.29, 0.717) is 17.8 Å². The monoisotopic (exact) mass is 402 g/mol. The summed E-state index contributed by atoms with van der Waals surface area (Å²) in [4.78, 5) is 39.6. The first-order valence-corrected chi connectivity index (χ1v) is 9.26. The predicted molar refractivity (Wildman–Crippen MR) is 106 cm³/mol. The maximum absolute atomic E-state index is 12.6. The maximum atomic E-state index is 12.6. The number of methoxy groups -OCH3 is 1. The van der Waals surface area contributed by atoms with Gasteiger partial charge in [0.15, 0.2) is 6.10 Å². The molecule has 0 aliphatic heterocycles. The van der Waals surface area contributed by atoms with Crippen LogP contribution in [0.15, 0.2) is 24.3 Å². The first-order valence-electron chi connectivity index (χ1n) is 9.26. The van der Waals surface area contributed by atoms with Crippen molar-refractivity contribution in [2.24, 2.45) is 0 Å². The van der Waals surface area contributed by atoms with Crippen LogP contribution in [0.25, 0.3) is 0 Å². The number of ether oxygens (including phenoxy) is 3. The largest absolute Gasteiger partial charge is 0.497 e. The number of H-pyrrole nitrogens is 1. The number of carbonyl (C=O) groups is 3. The summed E-state index contributed by atoms with van der Waals surface area (Å²) >= 11 is 0. The van der Waals surface area contributed by atoms with Crippen LogP contribution in [0.1, 0.15) is 51.5 Å². The van der Waals surface area contributed by atoms with Gasteiger partial charge in [0.05, 0.1) is 19.3 Å². The lowest BCUT2D eigenvalue weighted by Crippen LogP contribution is -2.35. The quantitative estimate of drug-likeness (QED) is 0.658. The van der Waals surface area contributed by atoms with Crippen molar-refractivity contribution in [3.05, 3.63) is 52.3 Å². The Bertz CT molecular complexity index is 885. The van der Waals surface area contributed by atoms with Crippen molar-refractivity contribution in [2.75, 3.05) is 13.7 Å². The lowest BCUT2D eigenvalue weighted by atomic mass is 10.1. The number of amides is 1. The van der Waals surface area contributed by atoms with Gasteiger partial charge in [-0.2, -0.15) is 0 Å². The summed E-state index contributed by atoms with van der Waals surface area (Å²) in [6.07, 6.45) is -1.000. The Kier molecular flexibility index (Phi) is 7.41. The van der Waals surface area contributed by atoms with Gasteiger partial charge in [0, 0.05) is 12.2 Å². The second-order valence-electron chi connectivity index (χ2n) is 6.46. The fourth-order valence-electron chi connectivity index (χ4n) is 2.81. The zero-order chi connectivity index (χ0) is 21.6. The Morgan fingerprint density at radius 1 is 1.10 bits per heavy atom. The zero-order valence-electron chi connectivity index (χ0n) is 17.3. The molecule has 8 heteroatoms. The van der Waals surface area contributed by atoms with Crippen LogP contribution < -0.4 is 10.1 Å². The molecule has 0 aliphatic rings. The van der Waals surface area contributed by atoms with Gasteiger partial charge in [-0.15, -0.1) is 0 Å². The van der Waals surface area contributed by atoms with Gasteiger partial charge in [-0.3, -0.25) is 4.79 Å². The molecule has 0 radical (unpaired) electrons. The van der Waals surface area contributed by atoms with Gasteiger partial charge in [0.1, 0.15) is 11.4 Å². The molecule has 0 fully saturated rings. The second kappa shape index (κ2) is 9.77. The van der Waals surface area contributed by atoms with Crippen LogP contribution in [-0.4, -0.2) is 42.7 Å². The summed E-state index contributed by atoms with van der Waals surface area (Å²) in [5.74, 6) is -0.927. The summed E-state index contributed by atoms with van der Waals surface area (Å²) in [5, 5.41) is 2.72. The number of rotatable bonds is 8. The lowest BCUT2D eigenvalue weighted by Gasteiger charge is -2.14. The van der Waals surface area contributed by atoms with E-state index in [9.17, 15) is 14.4 Å². The summed E-state index contributed by atoms with van der Waals surface area (Å²) in [5.41, 5.74) is 2.21. The Hall–Kier alpha value is -3.29. The van der Waals surface area contributed by atoms with Crippen molar-refractivity contribution in [1.29, 1.82) is 0 Å². The molecule has 0 aliphatic carbocycles. The number of aryl methyl sites for hydroxylation is 1. The number of hydrogen-bond acceptors (Lipinski definition) is 6. The first kappa shape index (κ1) is 22.0. The lowest BCUT2D eigenvalue weighted by molar-refractivity contribution is -0.129. The molecule has 0 saturated carbocycles. The van der Waals surface area contributed by atoms with Crippen LogP contribution in [0.4, 0.5) is 0 Å². The van der Waals surface area contributed by atoms with E-state index in [2.05, 4.69) is 10.3 Å². The van der Waals surface area contributed by atoms with Crippen molar-refractivity contribution in [1.82, 2.24) is 10.3 Å². The van der Waals surface area contributed by atoms with Crippen LogP contribution in [0.2, 0.25) is 0 Å². The molecule has 2 N–H and O–H groups in total. The molecule has 1 atom stereocenters. The van der Waals surface area contributed by atoms with Gasteiger partial charge < -0.3 is 24.5 Å². The molecule has 1 amide bonds. The third-order valence-electron chi connectivity index (χ3n) is 4.40. The molecule has 8 nitrogen and oxygen atoms in total. The third-order valence-corrected chi connectivity index (χ3v) is 4.40. The standard InChI is InChI=1S/C21H26N2O6/c1-6-28-21(26)18-12(2)17(13(3)23-18)20(25)29-14(4)19(24)22-11-15-7-9-16(27-5)10-8-15/h7-10,14,23H,6,11H2,1-5H3,(H,22,24)/t14-/m0/s1. The van der Waals surface area contributed by atoms with Gasteiger partial charge in [0.2, 0.25) is 0 Å². The molecule has 0 unspecified atom stereocenters. The topological polar surface area (TPSA) is 107 Å². The van der Waals surface area contributed by atoms with E-state index in [1.54, 1.807) is 40.0 Å². The molecule has 0 saturated heterocycles. The third kappa shape index (κ3) is 5.37. The smallest absolute Gasteiger partial charge is 0.355 e. The molecular weight excluding hydrogens is 376 g/mol. The van der Waals surface area contributed by atoms with Crippen LogP contribution in [0.5, 0.6) is 5.75 Å². The average Bonchev–Trinajstić information content (AvgIpc) is 3.00. The highest BCUT2D eigenvalue weighted by atomic mass is 16.5. The van der Waals surface area contributed by atoms with Crippen molar-refractivity contribution in [3.63, 3.8) is 0 Å². The molecule has 2 aromatic rings. The minimum absolute atomic E-state index is 0.202. The minimum Gasteiger partial charge on any atom is -0.497 e. The minimum atomic E-state index is -1.000. The van der Waals surface area contributed by atoms with Crippen LogP contribution in [-0.2, 0) is 20.8 Å². The average molecular weight is 402 g/mol. The summed E-state index contributed by atoms with van der Waals surface area (Å²) in [6, 6.07) is 7.26. The van der Waals surface area contributed by atoms with Gasteiger partial charge in [-0.05, 0) is 51.0 Å². The summed E-state index contributed by atoms with van der Waals surface area (Å²) in [7, 11) is 1.58. The van der Waals surface area contributed by atoms with E-state index in [-0.39, 0.29) is 17.9 Å². The molecule has 0 spiro atoms. The molecule has 0 bridgehead atoms. The van der Waals surface area contributed by atoms with E-state index in [0.717, 1.165) is 11.3 Å². The van der Waals surface area contributed by atoms with Gasteiger partial charge in [0.25, 0.3) is 5.91 Å². The van der Waals surface area contributed by atoms with E-state index < -0.39 is 23.9 Å². The highest BCUT2D eigenvalue weighted by Crippen LogP contribution is 2.20. The molecule has 1 aromatic heterocycles. The van der Waals surface area contributed by atoms with Gasteiger partial charge in [-0.25, -0.2) is 9.59 Å². The van der Waals surface area contributed by atoms with E-state index in [1.807, 2.05) is 12.1 Å². The maximum Gasteiger partial charge on any atom is 0.355 e. The highest BCUT2D eigenvalue weighted by molar-refractivity contribution is 5.99. The van der Waals surface area contributed by atoms with Gasteiger partial charge in [-0.1, -0.05) is 12.1 Å². The number of nitrogens with one attached hydrogen (secondary N) is 2. The van der Waals surface area contributed by atoms with Crippen molar-refractivity contribution < 1.29 is 28.6 Å². The number of aromatic nitrogens is 1.